The molecule has 0 atom stereocenters. The average molecular weight is 285 g/mol. The van der Waals surface area contributed by atoms with Crippen LogP contribution in [0.5, 0.6) is 0 Å². The summed E-state index contributed by atoms with van der Waals surface area (Å²) < 4.78 is 1.59. The second kappa shape index (κ2) is 6.74. The second-order valence-electron chi connectivity index (χ2n) is 4.87. The molecule has 1 aromatic heterocycles. The molecule has 5 nitrogen and oxygen atoms in total. The number of pyridine rings is 1. The number of hydrogen-bond donors (Lipinski definition) is 2. The quantitative estimate of drug-likeness (QED) is 0.825. The smallest absolute Gasteiger partial charge is 0.250 e. The number of nitrogens with zero attached hydrogens (tertiary/aromatic N) is 1. The summed E-state index contributed by atoms with van der Waals surface area (Å²) in [5.74, 6) is -0.158. The fourth-order valence-corrected chi connectivity index (χ4v) is 2.09. The monoisotopic (exact) mass is 285 g/mol. The zero-order valence-electron chi connectivity index (χ0n) is 12.0. The molecule has 0 bridgehead atoms. The average Bonchev–Trinajstić information content (AvgIpc) is 2.45. The van der Waals surface area contributed by atoms with Gasteiger partial charge in [-0.2, -0.15) is 0 Å². The molecule has 2 rings (SSSR count). The van der Waals surface area contributed by atoms with Crippen LogP contribution in [0.25, 0.3) is 0 Å². The first-order valence-corrected chi connectivity index (χ1v) is 6.94. The molecule has 0 unspecified atom stereocenters. The van der Waals surface area contributed by atoms with E-state index in [9.17, 15) is 9.59 Å². The van der Waals surface area contributed by atoms with Crippen molar-refractivity contribution in [2.75, 3.05) is 11.1 Å². The normalized spacial score (nSPS) is 10.3. The number of aromatic nitrogens is 1. The predicted molar refractivity (Wildman–Crippen MR) is 84.2 cm³/mol. The molecule has 0 aliphatic heterocycles. The van der Waals surface area contributed by atoms with E-state index in [2.05, 4.69) is 5.32 Å². The van der Waals surface area contributed by atoms with Crippen molar-refractivity contribution in [2.24, 2.45) is 0 Å². The van der Waals surface area contributed by atoms with Gasteiger partial charge >= 0.3 is 0 Å². The van der Waals surface area contributed by atoms with E-state index in [1.165, 1.54) is 6.07 Å². The summed E-state index contributed by atoms with van der Waals surface area (Å²) in [5, 5.41) is 2.79. The number of nitrogens with one attached hydrogen (secondary N) is 1. The van der Waals surface area contributed by atoms with Crippen molar-refractivity contribution in [3.8, 4) is 0 Å². The van der Waals surface area contributed by atoms with Crippen molar-refractivity contribution in [1.82, 2.24) is 4.57 Å². The second-order valence-corrected chi connectivity index (χ2v) is 4.87. The molecule has 110 valence electrons. The molecule has 0 spiro atoms. The summed E-state index contributed by atoms with van der Waals surface area (Å²) in [6.45, 7) is 2.63. The highest BCUT2D eigenvalue weighted by molar-refractivity contribution is 5.92. The van der Waals surface area contributed by atoms with Gasteiger partial charge in [0.2, 0.25) is 5.91 Å². The third-order valence-electron chi connectivity index (χ3n) is 3.14. The lowest BCUT2D eigenvalue weighted by molar-refractivity contribution is -0.115. The Morgan fingerprint density at radius 2 is 2.00 bits per heavy atom. The molecule has 0 aliphatic carbocycles. The fourth-order valence-electron chi connectivity index (χ4n) is 2.09. The van der Waals surface area contributed by atoms with E-state index in [0.29, 0.717) is 17.9 Å². The zero-order valence-corrected chi connectivity index (χ0v) is 12.0. The first kappa shape index (κ1) is 14.8. The van der Waals surface area contributed by atoms with E-state index in [-0.39, 0.29) is 17.9 Å². The Bertz CT molecular complexity index is 692. The molecule has 0 radical (unpaired) electrons. The predicted octanol–water partition coefficient (Wildman–Crippen LogP) is 2.02. The van der Waals surface area contributed by atoms with E-state index in [0.717, 1.165) is 12.0 Å². The maximum Gasteiger partial charge on any atom is 0.250 e. The number of aryl methyl sites for hydroxylation is 1. The number of carbonyl (C=O) groups excluding carboxylic acids is 1. The third kappa shape index (κ3) is 3.95. The topological polar surface area (TPSA) is 77.1 Å². The van der Waals surface area contributed by atoms with Crippen LogP contribution in [0.3, 0.4) is 0 Å². The molecule has 0 saturated heterocycles. The van der Waals surface area contributed by atoms with Gasteiger partial charge in [-0.3, -0.25) is 9.59 Å². The molecular weight excluding hydrogens is 266 g/mol. The maximum absolute atomic E-state index is 12.0. The largest absolute Gasteiger partial charge is 0.398 e. The van der Waals surface area contributed by atoms with E-state index >= 15 is 0 Å². The highest BCUT2D eigenvalue weighted by Gasteiger charge is 2.07. The fraction of sp³-hybridized carbons (Fsp3) is 0.250. The minimum absolute atomic E-state index is 0.0675. The molecule has 0 aliphatic rings. The highest BCUT2D eigenvalue weighted by atomic mass is 16.1. The van der Waals surface area contributed by atoms with Crippen molar-refractivity contribution < 1.29 is 4.79 Å². The number of para-hydroxylation sites is 1. The van der Waals surface area contributed by atoms with Crippen LogP contribution in [-0.2, 0) is 17.8 Å². The lowest BCUT2D eigenvalue weighted by Crippen LogP contribution is -2.21. The molecule has 21 heavy (non-hydrogen) atoms. The van der Waals surface area contributed by atoms with Crippen molar-refractivity contribution in [3.63, 3.8) is 0 Å². The van der Waals surface area contributed by atoms with Gasteiger partial charge in [-0.25, -0.2) is 0 Å². The van der Waals surface area contributed by atoms with Crippen LogP contribution in [0.15, 0.2) is 47.4 Å². The van der Waals surface area contributed by atoms with Crippen molar-refractivity contribution in [3.05, 3.63) is 58.5 Å². The van der Waals surface area contributed by atoms with Crippen LogP contribution in [0, 0.1) is 0 Å². The number of carbonyl (C=O) groups is 1. The van der Waals surface area contributed by atoms with Crippen LogP contribution >= 0.6 is 0 Å². The summed E-state index contributed by atoms with van der Waals surface area (Å²) in [6.07, 6.45) is 2.73. The summed E-state index contributed by atoms with van der Waals surface area (Å²) >= 11 is 0. The first-order valence-electron chi connectivity index (χ1n) is 6.94. The van der Waals surface area contributed by atoms with Gasteiger partial charge in [0, 0.05) is 24.5 Å². The van der Waals surface area contributed by atoms with Gasteiger partial charge in [-0.05, 0) is 24.1 Å². The Labute approximate surface area is 123 Å². The van der Waals surface area contributed by atoms with Gasteiger partial charge < -0.3 is 15.6 Å². The number of hydrogen-bond acceptors (Lipinski definition) is 3. The lowest BCUT2D eigenvalue weighted by Gasteiger charge is -2.09. The molecule has 1 amide bonds. The minimum Gasteiger partial charge on any atom is -0.398 e. The number of anilines is 2. The maximum atomic E-state index is 12.0. The summed E-state index contributed by atoms with van der Waals surface area (Å²) in [6, 6.07) is 10.3. The van der Waals surface area contributed by atoms with Crippen LogP contribution in [0.4, 0.5) is 11.4 Å². The molecule has 1 heterocycles. The molecule has 1 aromatic carbocycles. The number of amides is 1. The Hall–Kier alpha value is -2.56. The molecule has 3 N–H and O–H groups in total. The number of rotatable bonds is 5. The number of benzene rings is 1. The number of nitrogen functional groups attached to an aromatic ring is 1. The molecular formula is C16H19N3O2. The van der Waals surface area contributed by atoms with Gasteiger partial charge in [0.15, 0.2) is 0 Å². The third-order valence-corrected chi connectivity index (χ3v) is 3.14. The van der Waals surface area contributed by atoms with E-state index in [1.54, 1.807) is 22.9 Å². The SMILES string of the molecule is CCCn1cc(NC(=O)Cc2ccccc2N)ccc1=O. The van der Waals surface area contributed by atoms with Gasteiger partial charge in [-0.15, -0.1) is 0 Å². The van der Waals surface area contributed by atoms with E-state index in [4.69, 9.17) is 5.73 Å². The van der Waals surface area contributed by atoms with Gasteiger partial charge in [-0.1, -0.05) is 25.1 Å². The van der Waals surface area contributed by atoms with Crippen LogP contribution in [0.1, 0.15) is 18.9 Å². The van der Waals surface area contributed by atoms with Crippen molar-refractivity contribution in [2.45, 2.75) is 26.3 Å². The van der Waals surface area contributed by atoms with E-state index in [1.807, 2.05) is 25.1 Å². The molecule has 2 aromatic rings. The summed E-state index contributed by atoms with van der Waals surface area (Å²) in [4.78, 5) is 23.7. The van der Waals surface area contributed by atoms with Gasteiger partial charge in [0.1, 0.15) is 0 Å². The Morgan fingerprint density at radius 3 is 2.71 bits per heavy atom. The Kier molecular flexibility index (Phi) is 4.77. The minimum atomic E-state index is -0.158. The Balaban J connectivity index is 2.08. The van der Waals surface area contributed by atoms with Gasteiger partial charge in [0.25, 0.3) is 5.56 Å². The van der Waals surface area contributed by atoms with Crippen LogP contribution < -0.4 is 16.6 Å². The Morgan fingerprint density at radius 1 is 1.24 bits per heavy atom. The standard InChI is InChI=1S/C16H19N3O2/c1-2-9-19-11-13(7-8-16(19)21)18-15(20)10-12-5-3-4-6-14(12)17/h3-8,11H,2,9-10,17H2,1H3,(H,18,20). The van der Waals surface area contributed by atoms with E-state index < -0.39 is 0 Å². The lowest BCUT2D eigenvalue weighted by atomic mass is 10.1. The highest BCUT2D eigenvalue weighted by Crippen LogP contribution is 2.12. The molecule has 0 fully saturated rings. The molecule has 0 saturated carbocycles. The van der Waals surface area contributed by atoms with Crippen molar-refractivity contribution >= 4 is 17.3 Å². The molecule has 5 heteroatoms. The summed E-state index contributed by atoms with van der Waals surface area (Å²) in [7, 11) is 0. The number of nitrogens with two attached hydrogens (primary N) is 1. The summed E-state index contributed by atoms with van der Waals surface area (Å²) in [5.41, 5.74) is 7.76. The van der Waals surface area contributed by atoms with Crippen LogP contribution in [-0.4, -0.2) is 10.5 Å². The first-order chi connectivity index (χ1) is 10.1. The van der Waals surface area contributed by atoms with Crippen molar-refractivity contribution in [1.29, 1.82) is 0 Å². The van der Waals surface area contributed by atoms with Crippen LogP contribution in [0.2, 0.25) is 0 Å². The van der Waals surface area contributed by atoms with Gasteiger partial charge in [0.05, 0.1) is 12.1 Å². The zero-order chi connectivity index (χ0) is 15.2.